The molecule has 0 saturated heterocycles. The van der Waals surface area contributed by atoms with E-state index >= 15 is 0 Å². The highest BCUT2D eigenvalue weighted by atomic mass is 32.1. The van der Waals surface area contributed by atoms with Crippen LogP contribution in [0.5, 0.6) is 0 Å². The molecular weight excluding hydrogens is 264 g/mol. The van der Waals surface area contributed by atoms with E-state index in [9.17, 15) is 4.79 Å². The fraction of sp³-hybridized carbons (Fsp3) is 0.0833. The van der Waals surface area contributed by atoms with Crippen LogP contribution < -0.4 is 11.1 Å². The minimum absolute atomic E-state index is 0.0589. The van der Waals surface area contributed by atoms with Gasteiger partial charge >= 0.3 is 0 Å². The number of aromatic nitrogens is 1. The van der Waals surface area contributed by atoms with Crippen molar-refractivity contribution in [2.24, 2.45) is 10.9 Å². The van der Waals surface area contributed by atoms with Crippen LogP contribution in [0.3, 0.4) is 0 Å². The number of benzene rings is 1. The zero-order valence-electron chi connectivity index (χ0n) is 10.1. The Labute approximate surface area is 113 Å². The number of amides is 1. The largest absolute Gasteiger partial charge is 0.409 e. The van der Waals surface area contributed by atoms with Crippen molar-refractivity contribution in [1.29, 1.82) is 0 Å². The highest BCUT2D eigenvalue weighted by molar-refractivity contribution is 7.13. The Morgan fingerprint density at radius 1 is 1.47 bits per heavy atom. The number of amidine groups is 1. The van der Waals surface area contributed by atoms with Gasteiger partial charge in [0.1, 0.15) is 4.88 Å². The molecule has 4 N–H and O–H groups in total. The summed E-state index contributed by atoms with van der Waals surface area (Å²) in [7, 11) is 0. The van der Waals surface area contributed by atoms with E-state index in [2.05, 4.69) is 15.5 Å². The number of hydrogen-bond acceptors (Lipinski definition) is 5. The molecule has 1 aromatic carbocycles. The van der Waals surface area contributed by atoms with Gasteiger partial charge in [0.25, 0.3) is 5.91 Å². The predicted octanol–water partition coefficient (Wildman–Crippen LogP) is 1.80. The minimum Gasteiger partial charge on any atom is -0.409 e. The number of nitrogens with one attached hydrogen (secondary N) is 1. The monoisotopic (exact) mass is 276 g/mol. The first-order valence-electron chi connectivity index (χ1n) is 5.42. The average Bonchev–Trinajstić information content (AvgIpc) is 2.85. The van der Waals surface area contributed by atoms with Gasteiger partial charge in [-0.2, -0.15) is 0 Å². The summed E-state index contributed by atoms with van der Waals surface area (Å²) >= 11 is 1.30. The van der Waals surface area contributed by atoms with Crippen molar-refractivity contribution in [1.82, 2.24) is 4.98 Å². The summed E-state index contributed by atoms with van der Waals surface area (Å²) in [5, 5.41) is 15.2. The smallest absolute Gasteiger partial charge is 0.267 e. The summed E-state index contributed by atoms with van der Waals surface area (Å²) in [6.07, 6.45) is 1.52. The SMILES string of the molecule is Cc1ncc(C(=O)Nc2ccccc2/C(N)=N/O)s1. The topological polar surface area (TPSA) is 101 Å². The lowest BCUT2D eigenvalue weighted by atomic mass is 10.1. The van der Waals surface area contributed by atoms with Crippen molar-refractivity contribution in [3.05, 3.63) is 45.9 Å². The van der Waals surface area contributed by atoms with Gasteiger partial charge in [0.15, 0.2) is 5.84 Å². The van der Waals surface area contributed by atoms with Crippen molar-refractivity contribution in [3.8, 4) is 0 Å². The van der Waals surface area contributed by atoms with E-state index < -0.39 is 0 Å². The van der Waals surface area contributed by atoms with E-state index in [1.807, 2.05) is 6.92 Å². The quantitative estimate of drug-likeness (QED) is 0.344. The lowest BCUT2D eigenvalue weighted by Gasteiger charge is -2.08. The van der Waals surface area contributed by atoms with Gasteiger partial charge in [-0.3, -0.25) is 4.79 Å². The fourth-order valence-corrected chi connectivity index (χ4v) is 2.19. The van der Waals surface area contributed by atoms with Gasteiger partial charge in [-0.25, -0.2) is 4.98 Å². The molecular formula is C12H12N4O2S. The number of carbonyl (C=O) groups is 1. The standard InChI is InChI=1S/C12H12N4O2S/c1-7-14-6-10(19-7)12(17)15-9-5-3-2-4-8(9)11(13)16-18/h2-6,18H,1H3,(H2,13,16)(H,15,17). The van der Waals surface area contributed by atoms with E-state index in [4.69, 9.17) is 10.9 Å². The van der Waals surface area contributed by atoms with Crippen molar-refractivity contribution in [3.63, 3.8) is 0 Å². The van der Waals surface area contributed by atoms with Crippen LogP contribution in [0.4, 0.5) is 5.69 Å². The molecule has 0 spiro atoms. The summed E-state index contributed by atoms with van der Waals surface area (Å²) in [5.41, 5.74) is 6.49. The molecule has 0 fully saturated rings. The van der Waals surface area contributed by atoms with Crippen molar-refractivity contribution < 1.29 is 10.0 Å². The number of rotatable bonds is 3. The number of thiazole rings is 1. The number of aryl methyl sites for hydroxylation is 1. The Balaban J connectivity index is 2.27. The van der Waals surface area contributed by atoms with Gasteiger partial charge in [0.05, 0.1) is 16.9 Å². The van der Waals surface area contributed by atoms with Crippen LogP contribution in [-0.4, -0.2) is 21.9 Å². The third-order valence-corrected chi connectivity index (χ3v) is 3.32. The maximum Gasteiger partial charge on any atom is 0.267 e. The first-order valence-corrected chi connectivity index (χ1v) is 6.24. The van der Waals surface area contributed by atoms with Crippen LogP contribution in [0.1, 0.15) is 20.2 Å². The van der Waals surface area contributed by atoms with Gasteiger partial charge in [0.2, 0.25) is 0 Å². The number of para-hydroxylation sites is 1. The molecule has 0 saturated carbocycles. The Morgan fingerprint density at radius 3 is 2.84 bits per heavy atom. The summed E-state index contributed by atoms with van der Waals surface area (Å²) < 4.78 is 0. The number of hydrogen-bond donors (Lipinski definition) is 3. The molecule has 0 aliphatic heterocycles. The molecule has 0 aliphatic carbocycles. The molecule has 1 heterocycles. The molecule has 19 heavy (non-hydrogen) atoms. The Morgan fingerprint density at radius 2 is 2.21 bits per heavy atom. The van der Waals surface area contributed by atoms with Crippen molar-refractivity contribution in [2.75, 3.05) is 5.32 Å². The number of anilines is 1. The Bertz CT molecular complexity index is 636. The highest BCUT2D eigenvalue weighted by Gasteiger charge is 2.13. The van der Waals surface area contributed by atoms with Crippen LogP contribution in [0.2, 0.25) is 0 Å². The average molecular weight is 276 g/mol. The molecule has 98 valence electrons. The first-order chi connectivity index (χ1) is 9.11. The van der Waals surface area contributed by atoms with E-state index in [0.717, 1.165) is 5.01 Å². The summed E-state index contributed by atoms with van der Waals surface area (Å²) in [6.45, 7) is 1.83. The third-order valence-electron chi connectivity index (χ3n) is 2.40. The second kappa shape index (κ2) is 5.49. The second-order valence-corrected chi connectivity index (χ2v) is 4.96. The maximum absolute atomic E-state index is 12.0. The molecule has 0 aliphatic rings. The van der Waals surface area contributed by atoms with Gasteiger partial charge in [0, 0.05) is 5.56 Å². The molecule has 0 unspecified atom stereocenters. The van der Waals surface area contributed by atoms with Gasteiger partial charge in [-0.15, -0.1) is 11.3 Å². The van der Waals surface area contributed by atoms with E-state index in [0.29, 0.717) is 16.1 Å². The lowest BCUT2D eigenvalue weighted by molar-refractivity contribution is 0.103. The summed E-state index contributed by atoms with van der Waals surface area (Å²) in [6, 6.07) is 6.82. The number of nitrogens with two attached hydrogens (primary N) is 1. The first kappa shape index (κ1) is 13.0. The molecule has 6 nitrogen and oxygen atoms in total. The Hall–Kier alpha value is -2.41. The molecule has 2 rings (SSSR count). The lowest BCUT2D eigenvalue weighted by Crippen LogP contribution is -2.18. The predicted molar refractivity (Wildman–Crippen MR) is 73.8 cm³/mol. The molecule has 1 aromatic heterocycles. The summed E-state index contributed by atoms with van der Waals surface area (Å²) in [5.74, 6) is -0.333. The molecule has 0 atom stereocenters. The second-order valence-electron chi connectivity index (χ2n) is 3.73. The van der Waals surface area contributed by atoms with Crippen LogP contribution in [0.15, 0.2) is 35.6 Å². The van der Waals surface area contributed by atoms with Gasteiger partial charge in [-0.05, 0) is 19.1 Å². The maximum atomic E-state index is 12.0. The van der Waals surface area contributed by atoms with Gasteiger partial charge < -0.3 is 16.3 Å². The van der Waals surface area contributed by atoms with Crippen molar-refractivity contribution >= 4 is 28.8 Å². The van der Waals surface area contributed by atoms with Gasteiger partial charge in [-0.1, -0.05) is 17.3 Å². The fourth-order valence-electron chi connectivity index (χ4n) is 1.52. The molecule has 0 radical (unpaired) electrons. The van der Waals surface area contributed by atoms with Crippen LogP contribution in [-0.2, 0) is 0 Å². The molecule has 7 heteroatoms. The van der Waals surface area contributed by atoms with E-state index in [1.54, 1.807) is 24.3 Å². The number of nitrogens with zero attached hydrogens (tertiary/aromatic N) is 2. The zero-order chi connectivity index (χ0) is 13.8. The van der Waals surface area contributed by atoms with Crippen LogP contribution in [0.25, 0.3) is 0 Å². The molecule has 2 aromatic rings. The van der Waals surface area contributed by atoms with E-state index in [-0.39, 0.29) is 11.7 Å². The highest BCUT2D eigenvalue weighted by Crippen LogP contribution is 2.18. The molecule has 1 amide bonds. The van der Waals surface area contributed by atoms with E-state index in [1.165, 1.54) is 17.5 Å². The normalized spacial score (nSPS) is 11.3. The Kier molecular flexibility index (Phi) is 3.76. The van der Waals surface area contributed by atoms with Crippen LogP contribution >= 0.6 is 11.3 Å². The number of oxime groups is 1. The number of carbonyl (C=O) groups excluding carboxylic acids is 1. The summed E-state index contributed by atoms with van der Waals surface area (Å²) in [4.78, 5) is 16.5. The minimum atomic E-state index is -0.274. The third kappa shape index (κ3) is 2.89. The van der Waals surface area contributed by atoms with Crippen molar-refractivity contribution in [2.45, 2.75) is 6.92 Å². The van der Waals surface area contributed by atoms with Crippen LogP contribution in [0, 0.1) is 6.92 Å². The zero-order valence-corrected chi connectivity index (χ0v) is 10.9. The molecule has 0 bridgehead atoms.